The molecule has 1 fully saturated rings. The van der Waals surface area contributed by atoms with Crippen molar-refractivity contribution in [1.29, 1.82) is 0 Å². The summed E-state index contributed by atoms with van der Waals surface area (Å²) >= 11 is 6.04. The largest absolute Gasteiger partial charge is 0.494 e. The molecular formula is C23H26ClNO3. The molecule has 1 aliphatic heterocycles. The van der Waals surface area contributed by atoms with Crippen LogP contribution >= 0.6 is 11.6 Å². The Balaban J connectivity index is 1.62. The van der Waals surface area contributed by atoms with Gasteiger partial charge >= 0.3 is 0 Å². The molecule has 0 atom stereocenters. The van der Waals surface area contributed by atoms with Crippen LogP contribution in [-0.2, 0) is 14.9 Å². The Morgan fingerprint density at radius 3 is 2.46 bits per heavy atom. The van der Waals surface area contributed by atoms with Gasteiger partial charge in [0.2, 0.25) is 5.91 Å². The minimum atomic E-state index is -0.120. The van der Waals surface area contributed by atoms with Crippen LogP contribution in [0.25, 0.3) is 6.08 Å². The van der Waals surface area contributed by atoms with Crippen LogP contribution in [-0.4, -0.2) is 32.3 Å². The average molecular weight is 400 g/mol. The molecule has 1 heterocycles. The van der Waals surface area contributed by atoms with Crippen molar-refractivity contribution >= 4 is 23.6 Å². The van der Waals surface area contributed by atoms with Gasteiger partial charge in [-0.05, 0) is 61.2 Å². The van der Waals surface area contributed by atoms with Crippen molar-refractivity contribution in [3.05, 3.63) is 70.8 Å². The van der Waals surface area contributed by atoms with Crippen molar-refractivity contribution in [2.24, 2.45) is 0 Å². The van der Waals surface area contributed by atoms with Crippen molar-refractivity contribution in [2.75, 3.05) is 26.4 Å². The number of hydrogen-bond donors (Lipinski definition) is 1. The Morgan fingerprint density at radius 1 is 1.14 bits per heavy atom. The van der Waals surface area contributed by atoms with E-state index in [2.05, 4.69) is 17.4 Å². The third-order valence-electron chi connectivity index (χ3n) is 5.13. The topological polar surface area (TPSA) is 47.6 Å². The normalized spacial score (nSPS) is 16.1. The van der Waals surface area contributed by atoms with Gasteiger partial charge < -0.3 is 14.8 Å². The zero-order valence-corrected chi connectivity index (χ0v) is 16.9. The van der Waals surface area contributed by atoms with Crippen molar-refractivity contribution in [3.8, 4) is 5.75 Å². The van der Waals surface area contributed by atoms with E-state index in [4.69, 9.17) is 21.1 Å². The molecule has 1 saturated heterocycles. The molecule has 0 spiro atoms. The number of nitrogens with one attached hydrogen (secondary N) is 1. The van der Waals surface area contributed by atoms with Gasteiger partial charge in [-0.3, -0.25) is 4.79 Å². The van der Waals surface area contributed by atoms with Gasteiger partial charge in [-0.1, -0.05) is 35.9 Å². The summed E-state index contributed by atoms with van der Waals surface area (Å²) < 4.78 is 11.0. The summed E-state index contributed by atoms with van der Waals surface area (Å²) in [5.74, 6) is 0.724. The van der Waals surface area contributed by atoms with Gasteiger partial charge in [0.1, 0.15) is 5.75 Å². The van der Waals surface area contributed by atoms with E-state index in [0.717, 1.165) is 24.2 Å². The maximum Gasteiger partial charge on any atom is 0.244 e. The first-order valence-electron chi connectivity index (χ1n) is 9.64. The lowest BCUT2D eigenvalue weighted by Gasteiger charge is -2.37. The number of halogens is 1. The second-order valence-electron chi connectivity index (χ2n) is 6.95. The molecule has 0 aliphatic carbocycles. The Hall–Kier alpha value is -2.30. The van der Waals surface area contributed by atoms with E-state index in [-0.39, 0.29) is 11.3 Å². The van der Waals surface area contributed by atoms with Gasteiger partial charge in [-0.25, -0.2) is 0 Å². The fraction of sp³-hybridized carbons (Fsp3) is 0.348. The predicted molar refractivity (Wildman–Crippen MR) is 113 cm³/mol. The fourth-order valence-electron chi connectivity index (χ4n) is 3.46. The highest BCUT2D eigenvalue weighted by molar-refractivity contribution is 6.30. The molecule has 1 N–H and O–H groups in total. The highest BCUT2D eigenvalue weighted by Crippen LogP contribution is 2.34. The molecule has 2 aromatic carbocycles. The zero-order valence-electron chi connectivity index (χ0n) is 16.1. The van der Waals surface area contributed by atoms with Crippen LogP contribution in [0.4, 0.5) is 0 Å². The Kier molecular flexibility index (Phi) is 7.12. The Bertz CT molecular complexity index is 794. The molecule has 1 aliphatic rings. The number of rotatable bonds is 7. The number of carbonyl (C=O) groups is 1. The summed E-state index contributed by atoms with van der Waals surface area (Å²) in [5.41, 5.74) is 2.03. The van der Waals surface area contributed by atoms with Crippen molar-refractivity contribution in [2.45, 2.75) is 25.2 Å². The van der Waals surface area contributed by atoms with E-state index in [9.17, 15) is 4.79 Å². The zero-order chi connectivity index (χ0) is 19.8. The molecule has 0 radical (unpaired) electrons. The first-order chi connectivity index (χ1) is 13.6. The van der Waals surface area contributed by atoms with E-state index < -0.39 is 0 Å². The van der Waals surface area contributed by atoms with Crippen LogP contribution in [0.5, 0.6) is 5.75 Å². The minimum Gasteiger partial charge on any atom is -0.494 e. The van der Waals surface area contributed by atoms with Gasteiger partial charge in [0.05, 0.1) is 6.61 Å². The average Bonchev–Trinajstić information content (AvgIpc) is 2.73. The van der Waals surface area contributed by atoms with Gasteiger partial charge in [0.15, 0.2) is 0 Å². The number of amides is 1. The highest BCUT2D eigenvalue weighted by atomic mass is 35.5. The molecule has 0 unspecified atom stereocenters. The highest BCUT2D eigenvalue weighted by Gasteiger charge is 2.34. The van der Waals surface area contributed by atoms with Crippen LogP contribution in [0.3, 0.4) is 0 Å². The number of ether oxygens (including phenoxy) is 2. The first kappa shape index (κ1) is 20.4. The first-order valence-corrected chi connectivity index (χ1v) is 10.0. The van der Waals surface area contributed by atoms with Gasteiger partial charge in [-0.15, -0.1) is 0 Å². The van der Waals surface area contributed by atoms with E-state index in [1.807, 2.05) is 49.4 Å². The minimum absolute atomic E-state index is 0.103. The standard InChI is InChI=1S/C23H26ClNO3/c1-2-28-21-10-3-18(4-11-21)5-12-22(26)25-17-23(13-15-27-16-14-23)19-6-8-20(24)9-7-19/h3-12H,2,13-17H2,1H3,(H,25,26). The summed E-state index contributed by atoms with van der Waals surface area (Å²) in [6.45, 7) is 4.55. The van der Waals surface area contributed by atoms with Crippen molar-refractivity contribution in [3.63, 3.8) is 0 Å². The van der Waals surface area contributed by atoms with Crippen molar-refractivity contribution in [1.82, 2.24) is 5.32 Å². The smallest absolute Gasteiger partial charge is 0.244 e. The molecule has 2 aromatic rings. The lowest BCUT2D eigenvalue weighted by molar-refractivity contribution is -0.116. The number of hydrogen-bond acceptors (Lipinski definition) is 3. The summed E-state index contributed by atoms with van der Waals surface area (Å²) in [5, 5.41) is 3.79. The number of benzene rings is 2. The quantitative estimate of drug-likeness (QED) is 0.691. The Labute approximate surface area is 171 Å². The lowest BCUT2D eigenvalue weighted by atomic mass is 9.74. The molecule has 5 heteroatoms. The molecule has 0 saturated carbocycles. The fourth-order valence-corrected chi connectivity index (χ4v) is 3.59. The maximum atomic E-state index is 12.4. The SMILES string of the molecule is CCOc1ccc(C=CC(=O)NCC2(c3ccc(Cl)cc3)CCOCC2)cc1. The number of carbonyl (C=O) groups excluding carboxylic acids is 1. The van der Waals surface area contributed by atoms with Crippen LogP contribution in [0.2, 0.25) is 5.02 Å². The Morgan fingerprint density at radius 2 is 1.82 bits per heavy atom. The van der Waals surface area contributed by atoms with Crippen LogP contribution in [0.15, 0.2) is 54.6 Å². The molecule has 3 rings (SSSR count). The van der Waals surface area contributed by atoms with Gasteiger partial charge in [0.25, 0.3) is 0 Å². The van der Waals surface area contributed by atoms with E-state index in [1.54, 1.807) is 6.08 Å². The monoisotopic (exact) mass is 399 g/mol. The van der Waals surface area contributed by atoms with Crippen LogP contribution < -0.4 is 10.1 Å². The second kappa shape index (κ2) is 9.76. The summed E-state index contributed by atoms with van der Waals surface area (Å²) in [7, 11) is 0. The summed E-state index contributed by atoms with van der Waals surface area (Å²) in [6, 6.07) is 15.6. The van der Waals surface area contributed by atoms with Gasteiger partial charge in [0, 0.05) is 36.3 Å². The molecule has 28 heavy (non-hydrogen) atoms. The van der Waals surface area contributed by atoms with Crippen LogP contribution in [0.1, 0.15) is 30.9 Å². The molecule has 1 amide bonds. The molecular weight excluding hydrogens is 374 g/mol. The van der Waals surface area contributed by atoms with Gasteiger partial charge in [-0.2, -0.15) is 0 Å². The predicted octanol–water partition coefficient (Wildman–Crippen LogP) is 4.62. The molecule has 148 valence electrons. The van der Waals surface area contributed by atoms with E-state index >= 15 is 0 Å². The molecule has 0 aromatic heterocycles. The van der Waals surface area contributed by atoms with Crippen molar-refractivity contribution < 1.29 is 14.3 Å². The maximum absolute atomic E-state index is 12.4. The lowest BCUT2D eigenvalue weighted by Crippen LogP contribution is -2.44. The van der Waals surface area contributed by atoms with Crippen LogP contribution in [0, 0.1) is 0 Å². The second-order valence-corrected chi connectivity index (χ2v) is 7.39. The molecule has 0 bridgehead atoms. The third kappa shape index (κ3) is 5.37. The summed E-state index contributed by atoms with van der Waals surface area (Å²) in [4.78, 5) is 12.4. The summed E-state index contributed by atoms with van der Waals surface area (Å²) in [6.07, 6.45) is 5.13. The van der Waals surface area contributed by atoms with E-state index in [1.165, 1.54) is 5.56 Å². The molecule has 4 nitrogen and oxygen atoms in total. The third-order valence-corrected chi connectivity index (χ3v) is 5.38. The van der Waals surface area contributed by atoms with E-state index in [0.29, 0.717) is 31.4 Å².